The highest BCUT2D eigenvalue weighted by Crippen LogP contribution is 2.26. The molecule has 0 spiro atoms. The molecule has 2 aliphatic rings. The molecule has 1 aromatic heterocycles. The van der Waals surface area contributed by atoms with Crippen molar-refractivity contribution in [2.75, 3.05) is 33.4 Å². The topological polar surface area (TPSA) is 45.7 Å². The zero-order valence-electron chi connectivity index (χ0n) is 13.5. The predicted molar refractivity (Wildman–Crippen MR) is 84.3 cm³/mol. The number of ether oxygens (including phenoxy) is 1. The molecule has 2 aliphatic heterocycles. The van der Waals surface area contributed by atoms with Gasteiger partial charge in [-0.15, -0.1) is 0 Å². The minimum absolute atomic E-state index is 0.133. The second-order valence-corrected chi connectivity index (χ2v) is 6.42. The van der Waals surface area contributed by atoms with Crippen molar-refractivity contribution in [1.82, 2.24) is 14.8 Å². The Labute approximate surface area is 132 Å². The number of amides is 1. The van der Waals surface area contributed by atoms with E-state index in [1.165, 1.54) is 11.1 Å². The maximum atomic E-state index is 12.8. The van der Waals surface area contributed by atoms with Crippen molar-refractivity contribution in [3.05, 3.63) is 29.1 Å². The number of likely N-dealkylation sites (tertiary alicyclic amines) is 1. The fraction of sp³-hybridized carbons (Fsp3) is 0.647. The molecule has 120 valence electrons. The Morgan fingerprint density at radius 3 is 3.05 bits per heavy atom. The zero-order chi connectivity index (χ0) is 15.5. The molecule has 1 aromatic rings. The Morgan fingerprint density at radius 2 is 2.23 bits per heavy atom. The van der Waals surface area contributed by atoms with E-state index in [1.807, 2.05) is 18.0 Å². The first-order chi connectivity index (χ1) is 10.7. The van der Waals surface area contributed by atoms with E-state index in [9.17, 15) is 4.79 Å². The summed E-state index contributed by atoms with van der Waals surface area (Å²) in [6, 6.07) is 2.11. The van der Waals surface area contributed by atoms with Crippen LogP contribution >= 0.6 is 0 Å². The lowest BCUT2D eigenvalue weighted by atomic mass is 9.96. The van der Waals surface area contributed by atoms with E-state index >= 15 is 0 Å². The number of methoxy groups -OCH3 is 1. The molecular formula is C17H25N3O2. The maximum absolute atomic E-state index is 12.8. The second-order valence-electron chi connectivity index (χ2n) is 6.42. The standard InChI is InChI=1S/C17H25N3O2/c1-13-8-15-11-20(12-16(15)9-18-13)17(21)14-4-3-5-19(10-14)6-7-22-2/h8-9,14H,3-7,10-12H2,1-2H3/t14-/m0/s1. The minimum atomic E-state index is 0.133. The number of hydrogen-bond donors (Lipinski definition) is 0. The zero-order valence-corrected chi connectivity index (χ0v) is 13.5. The number of piperidine rings is 1. The average Bonchev–Trinajstić information content (AvgIpc) is 2.95. The summed E-state index contributed by atoms with van der Waals surface area (Å²) in [7, 11) is 1.73. The van der Waals surface area contributed by atoms with Crippen LogP contribution in [0.2, 0.25) is 0 Å². The van der Waals surface area contributed by atoms with Gasteiger partial charge in [0.05, 0.1) is 12.5 Å². The number of carbonyl (C=O) groups is 1. The van der Waals surface area contributed by atoms with Crippen LogP contribution in [0.15, 0.2) is 12.3 Å². The highest BCUT2D eigenvalue weighted by molar-refractivity contribution is 5.79. The molecule has 1 saturated heterocycles. The van der Waals surface area contributed by atoms with Crippen LogP contribution in [0, 0.1) is 12.8 Å². The van der Waals surface area contributed by atoms with Crippen molar-refractivity contribution in [3.8, 4) is 0 Å². The number of hydrogen-bond acceptors (Lipinski definition) is 4. The summed E-state index contributed by atoms with van der Waals surface area (Å²) in [6.45, 7) is 7.06. The van der Waals surface area contributed by atoms with E-state index in [0.717, 1.165) is 57.9 Å². The first-order valence-electron chi connectivity index (χ1n) is 8.12. The quantitative estimate of drug-likeness (QED) is 0.847. The molecule has 3 heterocycles. The monoisotopic (exact) mass is 303 g/mol. The summed E-state index contributed by atoms with van der Waals surface area (Å²) in [5.74, 6) is 0.435. The molecule has 1 fully saturated rings. The van der Waals surface area contributed by atoms with Crippen LogP contribution < -0.4 is 0 Å². The fourth-order valence-electron chi connectivity index (χ4n) is 3.50. The van der Waals surface area contributed by atoms with Crippen LogP contribution in [0.5, 0.6) is 0 Å². The number of fused-ring (bicyclic) bond motifs is 1. The van der Waals surface area contributed by atoms with Crippen molar-refractivity contribution < 1.29 is 9.53 Å². The third-order valence-electron chi connectivity index (χ3n) is 4.72. The summed E-state index contributed by atoms with van der Waals surface area (Å²) < 4.78 is 5.15. The summed E-state index contributed by atoms with van der Waals surface area (Å²) in [5.41, 5.74) is 3.48. The average molecular weight is 303 g/mol. The highest BCUT2D eigenvalue weighted by atomic mass is 16.5. The molecule has 0 saturated carbocycles. The van der Waals surface area contributed by atoms with Crippen molar-refractivity contribution in [2.45, 2.75) is 32.9 Å². The van der Waals surface area contributed by atoms with Gasteiger partial charge in [-0.25, -0.2) is 0 Å². The van der Waals surface area contributed by atoms with Crippen molar-refractivity contribution >= 4 is 5.91 Å². The van der Waals surface area contributed by atoms with Gasteiger partial charge in [0.2, 0.25) is 5.91 Å². The van der Waals surface area contributed by atoms with E-state index in [1.54, 1.807) is 7.11 Å². The van der Waals surface area contributed by atoms with Crippen LogP contribution in [-0.4, -0.2) is 54.0 Å². The van der Waals surface area contributed by atoms with Crippen LogP contribution in [-0.2, 0) is 22.6 Å². The summed E-state index contributed by atoms with van der Waals surface area (Å²) in [5, 5.41) is 0. The van der Waals surface area contributed by atoms with Gasteiger partial charge in [0.25, 0.3) is 0 Å². The van der Waals surface area contributed by atoms with Crippen LogP contribution in [0.4, 0.5) is 0 Å². The summed E-state index contributed by atoms with van der Waals surface area (Å²) >= 11 is 0. The first-order valence-corrected chi connectivity index (χ1v) is 8.12. The van der Waals surface area contributed by atoms with Gasteiger partial charge in [0.15, 0.2) is 0 Å². The Bertz CT molecular complexity index is 547. The predicted octanol–water partition coefficient (Wildman–Crippen LogP) is 1.59. The van der Waals surface area contributed by atoms with E-state index in [0.29, 0.717) is 5.91 Å². The van der Waals surface area contributed by atoms with Crippen molar-refractivity contribution in [1.29, 1.82) is 0 Å². The fourth-order valence-corrected chi connectivity index (χ4v) is 3.50. The first kappa shape index (κ1) is 15.4. The Morgan fingerprint density at radius 1 is 1.41 bits per heavy atom. The van der Waals surface area contributed by atoms with Gasteiger partial charge in [0, 0.05) is 45.2 Å². The lowest BCUT2D eigenvalue weighted by molar-refractivity contribution is -0.138. The molecule has 0 aliphatic carbocycles. The molecule has 1 atom stereocenters. The smallest absolute Gasteiger partial charge is 0.227 e. The molecule has 5 nitrogen and oxygen atoms in total. The van der Waals surface area contributed by atoms with Crippen LogP contribution in [0.3, 0.4) is 0 Å². The molecule has 0 bridgehead atoms. The lowest BCUT2D eigenvalue weighted by Crippen LogP contribution is -2.44. The van der Waals surface area contributed by atoms with Gasteiger partial charge in [-0.05, 0) is 43.5 Å². The van der Waals surface area contributed by atoms with Crippen molar-refractivity contribution in [2.24, 2.45) is 5.92 Å². The van der Waals surface area contributed by atoms with Gasteiger partial charge in [-0.2, -0.15) is 0 Å². The lowest BCUT2D eigenvalue weighted by Gasteiger charge is -2.33. The van der Waals surface area contributed by atoms with Gasteiger partial charge < -0.3 is 14.5 Å². The van der Waals surface area contributed by atoms with E-state index in [4.69, 9.17) is 4.74 Å². The number of rotatable bonds is 4. The van der Waals surface area contributed by atoms with Crippen LogP contribution in [0.1, 0.15) is 29.7 Å². The summed E-state index contributed by atoms with van der Waals surface area (Å²) in [6.07, 6.45) is 4.03. The number of pyridine rings is 1. The number of nitrogens with zero attached hydrogens (tertiary/aromatic N) is 3. The largest absolute Gasteiger partial charge is 0.383 e. The number of aromatic nitrogens is 1. The molecule has 5 heteroatoms. The highest BCUT2D eigenvalue weighted by Gasteiger charge is 2.32. The molecular weight excluding hydrogens is 278 g/mol. The number of aryl methyl sites for hydroxylation is 1. The maximum Gasteiger partial charge on any atom is 0.227 e. The molecule has 1 amide bonds. The second kappa shape index (κ2) is 6.75. The molecule has 0 N–H and O–H groups in total. The van der Waals surface area contributed by atoms with Gasteiger partial charge in [-0.1, -0.05) is 0 Å². The Balaban J connectivity index is 1.60. The molecule has 0 aromatic carbocycles. The molecule has 0 radical (unpaired) electrons. The van der Waals surface area contributed by atoms with Gasteiger partial charge in [-0.3, -0.25) is 9.78 Å². The summed E-state index contributed by atoms with van der Waals surface area (Å²) in [4.78, 5) is 21.5. The number of carbonyl (C=O) groups excluding carboxylic acids is 1. The van der Waals surface area contributed by atoms with Crippen molar-refractivity contribution in [3.63, 3.8) is 0 Å². The van der Waals surface area contributed by atoms with Gasteiger partial charge >= 0.3 is 0 Å². The molecule has 3 rings (SSSR count). The third-order valence-corrected chi connectivity index (χ3v) is 4.72. The van der Waals surface area contributed by atoms with Crippen LogP contribution in [0.25, 0.3) is 0 Å². The minimum Gasteiger partial charge on any atom is -0.383 e. The van der Waals surface area contributed by atoms with E-state index in [2.05, 4.69) is 16.0 Å². The van der Waals surface area contributed by atoms with E-state index in [-0.39, 0.29) is 5.92 Å². The Kier molecular flexibility index (Phi) is 4.74. The Hall–Kier alpha value is -1.46. The third kappa shape index (κ3) is 3.31. The SMILES string of the molecule is COCCN1CCC[C@H](C(=O)N2Cc3cnc(C)cc3C2)C1. The molecule has 22 heavy (non-hydrogen) atoms. The molecule has 0 unspecified atom stereocenters. The van der Waals surface area contributed by atoms with Gasteiger partial charge in [0.1, 0.15) is 0 Å². The van der Waals surface area contributed by atoms with E-state index < -0.39 is 0 Å². The normalized spacial score (nSPS) is 21.9.